The van der Waals surface area contributed by atoms with E-state index >= 15 is 0 Å². The fraction of sp³-hybridized carbons (Fsp3) is 0.400. The summed E-state index contributed by atoms with van der Waals surface area (Å²) >= 11 is 0. The largest absolute Gasteiger partial charge is 0.464 e. The molecule has 0 atom stereocenters. The van der Waals surface area contributed by atoms with Crippen molar-refractivity contribution < 1.29 is 19.5 Å². The highest BCUT2D eigenvalue weighted by molar-refractivity contribution is 6.12. The van der Waals surface area contributed by atoms with Crippen LogP contribution in [0.3, 0.4) is 0 Å². The molecule has 1 fully saturated rings. The molecule has 0 radical (unpaired) electrons. The normalized spacial score (nSPS) is 18.2. The molecule has 0 saturated carbocycles. The summed E-state index contributed by atoms with van der Waals surface area (Å²) < 4.78 is 0. The van der Waals surface area contributed by atoms with E-state index in [4.69, 9.17) is 5.11 Å². The Morgan fingerprint density at radius 3 is 1.90 bits per heavy atom. The van der Waals surface area contributed by atoms with Gasteiger partial charge in [-0.3, -0.25) is 9.59 Å². The van der Waals surface area contributed by atoms with Gasteiger partial charge in [-0.1, -0.05) is 0 Å². The summed E-state index contributed by atoms with van der Waals surface area (Å²) in [5, 5.41) is 8.24. The maximum absolute atomic E-state index is 10.6. The molecule has 5 heteroatoms. The number of nitrogens with zero attached hydrogens (tertiary/aromatic N) is 1. The number of amides is 3. The van der Waals surface area contributed by atoms with Crippen LogP contribution in [-0.4, -0.2) is 27.9 Å². The molecule has 1 rings (SSSR count). The lowest BCUT2D eigenvalue weighted by Crippen LogP contribution is -2.33. The Morgan fingerprint density at radius 2 is 1.70 bits per heavy atom. The standard InChI is InChI=1S/C5H5NO4/c7-3-1-2-4(8)6(3)5(9)10/h1-2H2,(H,9,10). The minimum absolute atomic E-state index is 0.0190. The molecular formula is C5H5NO4. The van der Waals surface area contributed by atoms with Gasteiger partial charge >= 0.3 is 6.09 Å². The van der Waals surface area contributed by atoms with E-state index in [9.17, 15) is 14.4 Å². The van der Waals surface area contributed by atoms with E-state index in [-0.39, 0.29) is 17.7 Å². The Bertz CT molecular complexity index is 194. The van der Waals surface area contributed by atoms with E-state index in [0.717, 1.165) is 0 Å². The molecule has 0 unspecified atom stereocenters. The van der Waals surface area contributed by atoms with Crippen LogP contribution in [0.2, 0.25) is 0 Å². The molecule has 0 aromatic carbocycles. The van der Waals surface area contributed by atoms with Gasteiger partial charge in [-0.05, 0) is 0 Å². The van der Waals surface area contributed by atoms with E-state index in [2.05, 4.69) is 0 Å². The number of carboxylic acid groups (broad SMARTS) is 1. The fourth-order valence-corrected chi connectivity index (χ4v) is 0.790. The van der Waals surface area contributed by atoms with Gasteiger partial charge in [0.1, 0.15) is 0 Å². The van der Waals surface area contributed by atoms with Crippen molar-refractivity contribution in [1.82, 2.24) is 4.90 Å². The van der Waals surface area contributed by atoms with Gasteiger partial charge in [0.05, 0.1) is 0 Å². The Kier molecular flexibility index (Phi) is 1.41. The number of hydrogen-bond acceptors (Lipinski definition) is 3. The molecule has 10 heavy (non-hydrogen) atoms. The number of imide groups is 3. The lowest BCUT2D eigenvalue weighted by atomic mass is 10.4. The molecular weight excluding hydrogens is 138 g/mol. The Hall–Kier alpha value is -1.39. The molecule has 5 nitrogen and oxygen atoms in total. The zero-order valence-electron chi connectivity index (χ0n) is 5.03. The maximum Gasteiger partial charge on any atom is 0.421 e. The second-order valence-electron chi connectivity index (χ2n) is 1.91. The van der Waals surface area contributed by atoms with Crippen molar-refractivity contribution in [3.8, 4) is 0 Å². The third-order valence-electron chi connectivity index (χ3n) is 1.24. The van der Waals surface area contributed by atoms with Crippen molar-refractivity contribution in [2.24, 2.45) is 0 Å². The van der Waals surface area contributed by atoms with Gasteiger partial charge in [0.15, 0.2) is 0 Å². The average Bonchev–Trinajstić information content (AvgIpc) is 2.11. The van der Waals surface area contributed by atoms with Crippen LogP contribution in [0.25, 0.3) is 0 Å². The van der Waals surface area contributed by atoms with Gasteiger partial charge in [-0.2, -0.15) is 4.90 Å². The van der Waals surface area contributed by atoms with E-state index in [0.29, 0.717) is 0 Å². The van der Waals surface area contributed by atoms with Crippen molar-refractivity contribution >= 4 is 17.9 Å². The molecule has 0 bridgehead atoms. The molecule has 54 valence electrons. The van der Waals surface area contributed by atoms with E-state index in [1.54, 1.807) is 0 Å². The summed E-state index contributed by atoms with van der Waals surface area (Å²) in [6, 6.07) is 0. The SMILES string of the molecule is O=C(O)N1C(=O)CCC1=O. The first-order chi connectivity index (χ1) is 4.63. The zero-order valence-corrected chi connectivity index (χ0v) is 5.03. The third kappa shape index (κ3) is 0.854. The highest BCUT2D eigenvalue weighted by atomic mass is 16.4. The van der Waals surface area contributed by atoms with Crippen LogP contribution in [0.4, 0.5) is 4.79 Å². The predicted molar refractivity (Wildman–Crippen MR) is 29.1 cm³/mol. The minimum atomic E-state index is -1.48. The average molecular weight is 143 g/mol. The summed E-state index contributed by atoms with van der Waals surface area (Å²) in [6.07, 6.45) is -1.44. The molecule has 1 aliphatic rings. The molecule has 1 N–H and O–H groups in total. The van der Waals surface area contributed by atoms with Gasteiger partial charge in [-0.15, -0.1) is 0 Å². The zero-order chi connectivity index (χ0) is 7.72. The van der Waals surface area contributed by atoms with Gasteiger partial charge in [0.25, 0.3) is 0 Å². The van der Waals surface area contributed by atoms with E-state index in [1.807, 2.05) is 0 Å². The van der Waals surface area contributed by atoms with E-state index < -0.39 is 17.9 Å². The molecule has 1 saturated heterocycles. The quantitative estimate of drug-likeness (QED) is 0.477. The Balaban J connectivity index is 2.82. The van der Waals surface area contributed by atoms with Crippen molar-refractivity contribution in [3.05, 3.63) is 0 Å². The molecule has 0 aromatic heterocycles. The van der Waals surface area contributed by atoms with Crippen LogP contribution in [0.5, 0.6) is 0 Å². The Morgan fingerprint density at radius 1 is 1.30 bits per heavy atom. The molecule has 0 aliphatic carbocycles. The van der Waals surface area contributed by atoms with Crippen LogP contribution in [-0.2, 0) is 9.59 Å². The summed E-state index contributed by atoms with van der Waals surface area (Å²) in [7, 11) is 0. The van der Waals surface area contributed by atoms with E-state index in [1.165, 1.54) is 0 Å². The number of rotatable bonds is 0. The number of hydrogen-bond donors (Lipinski definition) is 1. The first-order valence-electron chi connectivity index (χ1n) is 2.71. The summed E-state index contributed by atoms with van der Waals surface area (Å²) in [4.78, 5) is 31.5. The van der Waals surface area contributed by atoms with Crippen molar-refractivity contribution in [1.29, 1.82) is 0 Å². The second kappa shape index (κ2) is 2.09. The van der Waals surface area contributed by atoms with Crippen LogP contribution < -0.4 is 0 Å². The van der Waals surface area contributed by atoms with Crippen molar-refractivity contribution in [2.45, 2.75) is 12.8 Å². The minimum Gasteiger partial charge on any atom is -0.464 e. The highest BCUT2D eigenvalue weighted by Gasteiger charge is 2.33. The smallest absolute Gasteiger partial charge is 0.421 e. The van der Waals surface area contributed by atoms with Crippen LogP contribution in [0, 0.1) is 0 Å². The van der Waals surface area contributed by atoms with Gasteiger partial charge in [0, 0.05) is 12.8 Å². The lowest BCUT2D eigenvalue weighted by Gasteiger charge is -2.03. The van der Waals surface area contributed by atoms with Gasteiger partial charge in [0.2, 0.25) is 11.8 Å². The number of likely N-dealkylation sites (tertiary alicyclic amines) is 1. The maximum atomic E-state index is 10.6. The van der Waals surface area contributed by atoms with Gasteiger partial charge < -0.3 is 5.11 Å². The molecule has 0 spiro atoms. The second-order valence-corrected chi connectivity index (χ2v) is 1.91. The third-order valence-corrected chi connectivity index (χ3v) is 1.24. The topological polar surface area (TPSA) is 74.7 Å². The highest BCUT2D eigenvalue weighted by Crippen LogP contribution is 2.10. The van der Waals surface area contributed by atoms with Crippen molar-refractivity contribution in [2.75, 3.05) is 0 Å². The number of carbonyl (C=O) groups excluding carboxylic acids is 2. The first-order valence-corrected chi connectivity index (χ1v) is 2.71. The monoisotopic (exact) mass is 143 g/mol. The lowest BCUT2D eigenvalue weighted by molar-refractivity contribution is -0.135. The van der Waals surface area contributed by atoms with Crippen LogP contribution >= 0.6 is 0 Å². The van der Waals surface area contributed by atoms with Crippen LogP contribution in [0.1, 0.15) is 12.8 Å². The summed E-state index contributed by atoms with van der Waals surface area (Å²) in [6.45, 7) is 0. The van der Waals surface area contributed by atoms with Gasteiger partial charge in [-0.25, -0.2) is 4.79 Å². The molecule has 1 aliphatic heterocycles. The molecule has 3 amide bonds. The summed E-state index contributed by atoms with van der Waals surface area (Å²) in [5.74, 6) is -1.25. The predicted octanol–water partition coefficient (Wildman–Crippen LogP) is -0.187. The Labute approximate surface area is 56.2 Å². The van der Waals surface area contributed by atoms with Crippen molar-refractivity contribution in [3.63, 3.8) is 0 Å². The fourth-order valence-electron chi connectivity index (χ4n) is 0.790. The number of carbonyl (C=O) groups is 3. The van der Waals surface area contributed by atoms with Crippen LogP contribution in [0.15, 0.2) is 0 Å². The first kappa shape index (κ1) is 6.73. The molecule has 0 aromatic rings. The molecule has 1 heterocycles. The summed E-state index contributed by atoms with van der Waals surface area (Å²) in [5.41, 5.74) is 0.